The SMILES string of the molecule is O=C(N1CC[C@@H](CN2CCOCC2)C1)C12CC3CC(CC(C3)C1)C2. The van der Waals surface area contributed by atoms with E-state index in [1.54, 1.807) is 0 Å². The van der Waals surface area contributed by atoms with E-state index in [0.29, 0.717) is 11.8 Å². The molecule has 1 amide bonds. The Bertz CT molecular complexity index is 465. The summed E-state index contributed by atoms with van der Waals surface area (Å²) >= 11 is 0. The van der Waals surface area contributed by atoms with Gasteiger partial charge in [-0.1, -0.05) is 0 Å². The minimum Gasteiger partial charge on any atom is -0.379 e. The topological polar surface area (TPSA) is 32.8 Å². The van der Waals surface area contributed by atoms with Crippen LogP contribution in [0.15, 0.2) is 0 Å². The first-order valence-corrected chi connectivity index (χ1v) is 10.3. The molecule has 0 aromatic carbocycles. The van der Waals surface area contributed by atoms with Crippen LogP contribution in [0.2, 0.25) is 0 Å². The van der Waals surface area contributed by atoms with Crippen molar-refractivity contribution in [2.24, 2.45) is 29.1 Å². The predicted octanol–water partition coefficient (Wildman–Crippen LogP) is 2.38. The molecular weight excluding hydrogens is 300 g/mol. The number of ether oxygens (including phenoxy) is 1. The molecule has 4 saturated carbocycles. The summed E-state index contributed by atoms with van der Waals surface area (Å²) in [6, 6.07) is 0. The Kier molecular flexibility index (Phi) is 3.89. The number of carbonyl (C=O) groups is 1. The molecule has 6 fully saturated rings. The quantitative estimate of drug-likeness (QED) is 0.795. The zero-order chi connectivity index (χ0) is 16.1. The molecule has 24 heavy (non-hydrogen) atoms. The molecule has 2 heterocycles. The highest BCUT2D eigenvalue weighted by Gasteiger charge is 2.56. The monoisotopic (exact) mass is 332 g/mol. The van der Waals surface area contributed by atoms with Gasteiger partial charge in [-0.25, -0.2) is 0 Å². The molecule has 4 heteroatoms. The van der Waals surface area contributed by atoms with Crippen molar-refractivity contribution < 1.29 is 9.53 Å². The molecule has 6 aliphatic rings. The molecular formula is C20H32N2O2. The molecule has 0 unspecified atom stereocenters. The molecule has 2 saturated heterocycles. The smallest absolute Gasteiger partial charge is 0.228 e. The van der Waals surface area contributed by atoms with Crippen molar-refractivity contribution in [3.8, 4) is 0 Å². The lowest BCUT2D eigenvalue weighted by Crippen LogP contribution is -2.54. The molecule has 4 bridgehead atoms. The molecule has 0 N–H and O–H groups in total. The van der Waals surface area contributed by atoms with E-state index in [1.165, 1.54) is 44.9 Å². The summed E-state index contributed by atoms with van der Waals surface area (Å²) in [6.45, 7) is 7.08. The molecule has 4 aliphatic carbocycles. The second-order valence-electron chi connectivity index (χ2n) is 9.52. The van der Waals surface area contributed by atoms with Crippen LogP contribution in [0.3, 0.4) is 0 Å². The van der Waals surface area contributed by atoms with Crippen LogP contribution >= 0.6 is 0 Å². The summed E-state index contributed by atoms with van der Waals surface area (Å²) in [5, 5.41) is 0. The van der Waals surface area contributed by atoms with Gasteiger partial charge in [0.1, 0.15) is 0 Å². The predicted molar refractivity (Wildman–Crippen MR) is 92.6 cm³/mol. The largest absolute Gasteiger partial charge is 0.379 e. The minimum absolute atomic E-state index is 0.0581. The first-order chi connectivity index (χ1) is 11.7. The number of likely N-dealkylation sites (tertiary alicyclic amines) is 1. The van der Waals surface area contributed by atoms with Gasteiger partial charge in [-0.2, -0.15) is 0 Å². The average Bonchev–Trinajstić information content (AvgIpc) is 3.02. The summed E-state index contributed by atoms with van der Waals surface area (Å²) in [7, 11) is 0. The van der Waals surface area contributed by atoms with E-state index in [0.717, 1.165) is 63.7 Å². The molecule has 0 spiro atoms. The lowest BCUT2D eigenvalue weighted by Gasteiger charge is -2.56. The summed E-state index contributed by atoms with van der Waals surface area (Å²) in [4.78, 5) is 18.2. The van der Waals surface area contributed by atoms with Crippen LogP contribution in [0.25, 0.3) is 0 Å². The van der Waals surface area contributed by atoms with Gasteiger partial charge in [-0.3, -0.25) is 9.69 Å². The van der Waals surface area contributed by atoms with Gasteiger partial charge in [0.15, 0.2) is 0 Å². The summed E-state index contributed by atoms with van der Waals surface area (Å²) in [5.74, 6) is 3.83. The molecule has 6 rings (SSSR count). The zero-order valence-electron chi connectivity index (χ0n) is 14.9. The van der Waals surface area contributed by atoms with Crippen LogP contribution in [0.5, 0.6) is 0 Å². The second kappa shape index (κ2) is 5.98. The first kappa shape index (κ1) is 15.6. The van der Waals surface area contributed by atoms with E-state index >= 15 is 0 Å². The van der Waals surface area contributed by atoms with Gasteiger partial charge >= 0.3 is 0 Å². The number of nitrogens with zero attached hydrogens (tertiary/aromatic N) is 2. The Morgan fingerprint density at radius 3 is 2.21 bits per heavy atom. The molecule has 0 radical (unpaired) electrons. The van der Waals surface area contributed by atoms with E-state index in [9.17, 15) is 4.79 Å². The maximum atomic E-state index is 13.4. The number of rotatable bonds is 3. The fraction of sp³-hybridized carbons (Fsp3) is 0.950. The van der Waals surface area contributed by atoms with Gasteiger partial charge in [0.25, 0.3) is 0 Å². The Morgan fingerprint density at radius 2 is 1.58 bits per heavy atom. The van der Waals surface area contributed by atoms with E-state index in [2.05, 4.69) is 9.80 Å². The number of morpholine rings is 1. The average molecular weight is 332 g/mol. The zero-order valence-corrected chi connectivity index (χ0v) is 14.9. The van der Waals surface area contributed by atoms with Gasteiger partial charge < -0.3 is 9.64 Å². The Labute approximate surface area is 145 Å². The summed E-state index contributed by atoms with van der Waals surface area (Å²) < 4.78 is 5.46. The maximum absolute atomic E-state index is 13.4. The number of hydrogen-bond acceptors (Lipinski definition) is 3. The normalized spacial score (nSPS) is 45.1. The van der Waals surface area contributed by atoms with E-state index < -0.39 is 0 Å². The van der Waals surface area contributed by atoms with Crippen molar-refractivity contribution in [2.75, 3.05) is 45.9 Å². The van der Waals surface area contributed by atoms with Crippen LogP contribution in [-0.4, -0.2) is 61.6 Å². The van der Waals surface area contributed by atoms with E-state index in [-0.39, 0.29) is 5.41 Å². The Hall–Kier alpha value is -0.610. The van der Waals surface area contributed by atoms with Crippen molar-refractivity contribution in [1.82, 2.24) is 9.80 Å². The molecule has 4 nitrogen and oxygen atoms in total. The van der Waals surface area contributed by atoms with Crippen molar-refractivity contribution in [3.05, 3.63) is 0 Å². The summed E-state index contributed by atoms with van der Waals surface area (Å²) in [6.07, 6.45) is 9.10. The molecule has 2 aliphatic heterocycles. The van der Waals surface area contributed by atoms with Gasteiger partial charge in [-0.05, 0) is 68.6 Å². The third-order valence-electron chi connectivity index (χ3n) is 7.69. The summed E-state index contributed by atoms with van der Waals surface area (Å²) in [5.41, 5.74) is 0.0581. The minimum atomic E-state index is 0.0581. The standard InChI is InChI=1S/C20H32N2O2/c23-19(20-10-16-7-17(11-20)9-18(8-16)12-20)22-2-1-15(14-22)13-21-3-5-24-6-4-21/h15-18H,1-14H2/t15-,16?,17?,18?,20?/m0/s1. The van der Waals surface area contributed by atoms with Gasteiger partial charge in [0, 0.05) is 32.7 Å². The number of hydrogen-bond donors (Lipinski definition) is 0. The third kappa shape index (κ3) is 2.70. The van der Waals surface area contributed by atoms with Crippen LogP contribution in [-0.2, 0) is 9.53 Å². The van der Waals surface area contributed by atoms with Crippen LogP contribution in [0.1, 0.15) is 44.9 Å². The fourth-order valence-corrected chi connectivity index (χ4v) is 7.02. The Morgan fingerprint density at radius 1 is 0.958 bits per heavy atom. The maximum Gasteiger partial charge on any atom is 0.228 e. The lowest BCUT2D eigenvalue weighted by atomic mass is 9.49. The van der Waals surface area contributed by atoms with Crippen LogP contribution < -0.4 is 0 Å². The van der Waals surface area contributed by atoms with E-state index in [4.69, 9.17) is 4.74 Å². The van der Waals surface area contributed by atoms with Crippen molar-refractivity contribution in [2.45, 2.75) is 44.9 Å². The van der Waals surface area contributed by atoms with Crippen molar-refractivity contribution >= 4 is 5.91 Å². The molecule has 0 aromatic rings. The highest BCUT2D eigenvalue weighted by atomic mass is 16.5. The van der Waals surface area contributed by atoms with Crippen molar-refractivity contribution in [1.29, 1.82) is 0 Å². The lowest BCUT2D eigenvalue weighted by molar-refractivity contribution is -0.156. The van der Waals surface area contributed by atoms with Gasteiger partial charge in [-0.15, -0.1) is 0 Å². The van der Waals surface area contributed by atoms with Gasteiger partial charge in [0.05, 0.1) is 18.6 Å². The van der Waals surface area contributed by atoms with Crippen LogP contribution in [0, 0.1) is 29.1 Å². The van der Waals surface area contributed by atoms with Crippen LogP contribution in [0.4, 0.5) is 0 Å². The first-order valence-electron chi connectivity index (χ1n) is 10.3. The van der Waals surface area contributed by atoms with Gasteiger partial charge in [0.2, 0.25) is 5.91 Å². The molecule has 0 aromatic heterocycles. The highest BCUT2D eigenvalue weighted by Crippen LogP contribution is 2.60. The highest BCUT2D eigenvalue weighted by molar-refractivity contribution is 5.83. The molecule has 1 atom stereocenters. The molecule has 134 valence electrons. The van der Waals surface area contributed by atoms with Crippen molar-refractivity contribution in [3.63, 3.8) is 0 Å². The Balaban J connectivity index is 1.22. The fourth-order valence-electron chi connectivity index (χ4n) is 7.02. The number of carbonyl (C=O) groups excluding carboxylic acids is 1. The second-order valence-corrected chi connectivity index (χ2v) is 9.52. The number of amides is 1. The van der Waals surface area contributed by atoms with E-state index in [1.807, 2.05) is 0 Å². The third-order valence-corrected chi connectivity index (χ3v) is 7.69.